The minimum Gasteiger partial charge on any atom is -0.320 e. The minimum atomic E-state index is -3.34. The van der Waals surface area contributed by atoms with Gasteiger partial charge in [-0.3, -0.25) is 4.79 Å². The lowest BCUT2D eigenvalue weighted by atomic mass is 10.2. The highest BCUT2D eigenvalue weighted by Crippen LogP contribution is 2.25. The first-order valence-corrected chi connectivity index (χ1v) is 9.97. The lowest BCUT2D eigenvalue weighted by Crippen LogP contribution is -2.50. The Bertz CT molecular complexity index is 639. The molecule has 1 aliphatic heterocycles. The van der Waals surface area contributed by atoms with Crippen LogP contribution in [0.25, 0.3) is 0 Å². The predicted molar refractivity (Wildman–Crippen MR) is 83.9 cm³/mol. The van der Waals surface area contributed by atoms with Gasteiger partial charge in [0.15, 0.2) is 9.84 Å². The fraction of sp³-hybridized carbons (Fsp3) is 0.455. The lowest BCUT2D eigenvalue weighted by Gasteiger charge is -2.34. The Hall–Kier alpha value is -0.310. The zero-order valence-electron chi connectivity index (χ0n) is 10.5. The molecule has 1 amide bonds. The van der Waals surface area contributed by atoms with E-state index in [2.05, 4.69) is 20.9 Å². The Morgan fingerprint density at radius 2 is 2.30 bits per heavy atom. The zero-order chi connectivity index (χ0) is 14.9. The number of nitrogens with zero attached hydrogens (tertiary/aromatic N) is 2. The Morgan fingerprint density at radius 3 is 2.95 bits per heavy atom. The van der Waals surface area contributed by atoms with Crippen molar-refractivity contribution in [1.82, 2.24) is 9.88 Å². The third-order valence-electron chi connectivity index (χ3n) is 2.88. The van der Waals surface area contributed by atoms with Crippen LogP contribution in [-0.2, 0) is 9.84 Å². The van der Waals surface area contributed by atoms with Crippen LogP contribution in [0.5, 0.6) is 0 Å². The van der Waals surface area contributed by atoms with E-state index in [0.717, 1.165) is 6.26 Å². The molecule has 1 atom stereocenters. The molecule has 110 valence electrons. The molecule has 1 saturated heterocycles. The molecular formula is C11H12BrClN2O3S2. The molecule has 1 aromatic heterocycles. The third-order valence-corrected chi connectivity index (χ3v) is 6.25. The van der Waals surface area contributed by atoms with E-state index < -0.39 is 21.1 Å². The second-order valence-corrected chi connectivity index (χ2v) is 8.98. The molecule has 0 spiro atoms. The summed E-state index contributed by atoms with van der Waals surface area (Å²) in [7, 11) is -3.34. The molecule has 0 radical (unpaired) electrons. The minimum absolute atomic E-state index is 0.0728. The predicted octanol–water partition coefficient (Wildman–Crippen LogP) is 2.06. The molecule has 2 heterocycles. The molecule has 1 unspecified atom stereocenters. The Balaban J connectivity index is 2.37. The van der Waals surface area contributed by atoms with Gasteiger partial charge in [0.2, 0.25) is 0 Å². The zero-order valence-corrected chi connectivity index (χ0v) is 14.5. The highest BCUT2D eigenvalue weighted by molar-refractivity contribution is 9.10. The van der Waals surface area contributed by atoms with E-state index in [0.29, 0.717) is 22.5 Å². The number of pyridine rings is 1. The van der Waals surface area contributed by atoms with Crippen molar-refractivity contribution in [2.75, 3.05) is 24.3 Å². The fourth-order valence-corrected chi connectivity index (χ4v) is 5.23. The summed E-state index contributed by atoms with van der Waals surface area (Å²) in [4.78, 5) is 17.8. The molecule has 0 aromatic carbocycles. The first kappa shape index (κ1) is 16.1. The second-order valence-electron chi connectivity index (χ2n) is 4.35. The van der Waals surface area contributed by atoms with Gasteiger partial charge in [0.1, 0.15) is 10.5 Å². The Morgan fingerprint density at radius 1 is 1.60 bits per heavy atom. The number of hydrogen-bond acceptors (Lipinski definition) is 5. The van der Waals surface area contributed by atoms with E-state index in [1.807, 2.05) is 0 Å². The number of carbonyl (C=O) groups excluding carboxylic acids is 1. The van der Waals surface area contributed by atoms with E-state index >= 15 is 0 Å². The molecule has 1 aliphatic rings. The molecule has 0 saturated carbocycles. The van der Waals surface area contributed by atoms with Crippen molar-refractivity contribution < 1.29 is 13.2 Å². The van der Waals surface area contributed by atoms with Gasteiger partial charge in [-0.2, -0.15) is 11.8 Å². The Labute approximate surface area is 135 Å². The highest BCUT2D eigenvalue weighted by Gasteiger charge is 2.35. The SMILES string of the molecule is CS(=O)(=O)C1CSCCN1C(=O)c1cc(Br)cnc1Cl. The van der Waals surface area contributed by atoms with Crippen molar-refractivity contribution in [3.63, 3.8) is 0 Å². The molecule has 2 rings (SSSR count). The van der Waals surface area contributed by atoms with Gasteiger partial charge in [-0.05, 0) is 22.0 Å². The summed E-state index contributed by atoms with van der Waals surface area (Å²) in [6.45, 7) is 0.379. The maximum Gasteiger partial charge on any atom is 0.258 e. The van der Waals surface area contributed by atoms with Crippen LogP contribution in [-0.4, -0.2) is 53.9 Å². The number of halogens is 2. The molecule has 0 bridgehead atoms. The molecule has 20 heavy (non-hydrogen) atoms. The normalized spacial score (nSPS) is 19.9. The van der Waals surface area contributed by atoms with Gasteiger partial charge in [0.25, 0.3) is 5.91 Å². The van der Waals surface area contributed by atoms with Crippen molar-refractivity contribution in [2.45, 2.75) is 5.37 Å². The third kappa shape index (κ3) is 3.47. The summed E-state index contributed by atoms with van der Waals surface area (Å²) in [5.74, 6) is 0.681. The van der Waals surface area contributed by atoms with Crippen molar-refractivity contribution in [3.05, 3.63) is 27.5 Å². The van der Waals surface area contributed by atoms with Crippen molar-refractivity contribution >= 4 is 55.0 Å². The number of rotatable bonds is 2. The molecule has 9 heteroatoms. The van der Waals surface area contributed by atoms with Crippen LogP contribution < -0.4 is 0 Å². The van der Waals surface area contributed by atoms with Crippen LogP contribution in [0.3, 0.4) is 0 Å². The summed E-state index contributed by atoms with van der Waals surface area (Å²) >= 11 is 10.7. The number of amides is 1. The van der Waals surface area contributed by atoms with Gasteiger partial charge in [-0.1, -0.05) is 11.6 Å². The largest absolute Gasteiger partial charge is 0.320 e. The van der Waals surface area contributed by atoms with Gasteiger partial charge in [0, 0.05) is 35.0 Å². The summed E-state index contributed by atoms with van der Waals surface area (Å²) < 4.78 is 24.3. The number of aromatic nitrogens is 1. The topological polar surface area (TPSA) is 67.3 Å². The van der Waals surface area contributed by atoms with Crippen LogP contribution in [0.15, 0.2) is 16.7 Å². The quantitative estimate of drug-likeness (QED) is 0.712. The Kier molecular flexibility index (Phi) is 4.99. The van der Waals surface area contributed by atoms with Crippen molar-refractivity contribution in [1.29, 1.82) is 0 Å². The average molecular weight is 400 g/mol. The molecule has 0 aliphatic carbocycles. The first-order valence-electron chi connectivity index (χ1n) is 5.69. The van der Waals surface area contributed by atoms with Crippen molar-refractivity contribution in [2.24, 2.45) is 0 Å². The first-order chi connectivity index (χ1) is 9.30. The standard InChI is InChI=1S/C11H12BrClN2O3S2/c1-20(17,18)9-6-19-3-2-15(9)11(16)8-4-7(12)5-14-10(8)13/h4-5,9H,2-3,6H2,1H3. The van der Waals surface area contributed by atoms with Crippen LogP contribution in [0.4, 0.5) is 0 Å². The van der Waals surface area contributed by atoms with E-state index in [-0.39, 0.29) is 10.7 Å². The number of carbonyl (C=O) groups is 1. The molecule has 1 fully saturated rings. The number of thioether (sulfide) groups is 1. The van der Waals surface area contributed by atoms with Crippen LogP contribution in [0, 0.1) is 0 Å². The molecule has 5 nitrogen and oxygen atoms in total. The lowest BCUT2D eigenvalue weighted by molar-refractivity contribution is 0.0749. The summed E-state index contributed by atoms with van der Waals surface area (Å²) in [6.07, 6.45) is 2.63. The van der Waals surface area contributed by atoms with Crippen molar-refractivity contribution in [3.8, 4) is 0 Å². The summed E-state index contributed by atoms with van der Waals surface area (Å²) in [6, 6.07) is 1.55. The highest BCUT2D eigenvalue weighted by atomic mass is 79.9. The smallest absolute Gasteiger partial charge is 0.258 e. The second kappa shape index (κ2) is 6.21. The van der Waals surface area contributed by atoms with E-state index in [9.17, 15) is 13.2 Å². The monoisotopic (exact) mass is 398 g/mol. The van der Waals surface area contributed by atoms with Gasteiger partial charge in [-0.15, -0.1) is 0 Å². The molecular weight excluding hydrogens is 388 g/mol. The summed E-state index contributed by atoms with van der Waals surface area (Å²) in [5, 5.41) is -0.743. The van der Waals surface area contributed by atoms with Gasteiger partial charge < -0.3 is 4.90 Å². The summed E-state index contributed by atoms with van der Waals surface area (Å²) in [5.41, 5.74) is 0.210. The number of sulfone groups is 1. The maximum absolute atomic E-state index is 12.5. The van der Waals surface area contributed by atoms with Crippen LogP contribution >= 0.6 is 39.3 Å². The fourth-order valence-electron chi connectivity index (χ4n) is 1.90. The van der Waals surface area contributed by atoms with E-state index in [4.69, 9.17) is 11.6 Å². The van der Waals surface area contributed by atoms with E-state index in [1.165, 1.54) is 22.9 Å². The van der Waals surface area contributed by atoms with Crippen LogP contribution in [0.2, 0.25) is 5.15 Å². The number of hydrogen-bond donors (Lipinski definition) is 0. The average Bonchev–Trinajstić information content (AvgIpc) is 2.40. The maximum atomic E-state index is 12.5. The van der Waals surface area contributed by atoms with E-state index in [1.54, 1.807) is 6.07 Å². The van der Waals surface area contributed by atoms with Crippen LogP contribution in [0.1, 0.15) is 10.4 Å². The molecule has 0 N–H and O–H groups in total. The van der Waals surface area contributed by atoms with Gasteiger partial charge in [0.05, 0.1) is 5.56 Å². The van der Waals surface area contributed by atoms with Gasteiger partial charge in [-0.25, -0.2) is 13.4 Å². The van der Waals surface area contributed by atoms with Gasteiger partial charge >= 0.3 is 0 Å². The molecule has 1 aromatic rings.